The first-order valence-electron chi connectivity index (χ1n) is 15.0. The van der Waals surface area contributed by atoms with Crippen LogP contribution in [0.15, 0.2) is 47.6 Å². The molecule has 0 heterocycles. The number of halogens is 1. The van der Waals surface area contributed by atoms with Crippen LogP contribution in [0, 0.1) is 0 Å². The van der Waals surface area contributed by atoms with Crippen LogP contribution in [0.5, 0.6) is 11.5 Å². The Bertz CT molecular complexity index is 1020. The van der Waals surface area contributed by atoms with Crippen LogP contribution in [0.2, 0.25) is 5.02 Å². The van der Waals surface area contributed by atoms with Gasteiger partial charge in [0.1, 0.15) is 0 Å². The van der Waals surface area contributed by atoms with Crippen molar-refractivity contribution >= 4 is 29.7 Å². The summed E-state index contributed by atoms with van der Waals surface area (Å²) in [5.41, 5.74) is 3.67. The minimum atomic E-state index is -0.512. The van der Waals surface area contributed by atoms with Gasteiger partial charge in [-0.05, 0) is 54.4 Å². The van der Waals surface area contributed by atoms with E-state index in [0.29, 0.717) is 28.3 Å². The van der Waals surface area contributed by atoms with Gasteiger partial charge in [0.2, 0.25) is 5.91 Å². The molecule has 1 amide bonds. The molecule has 0 aliphatic heterocycles. The summed E-state index contributed by atoms with van der Waals surface area (Å²) in [6, 6.07) is 11.5. The predicted octanol–water partition coefficient (Wildman–Crippen LogP) is 9.28. The summed E-state index contributed by atoms with van der Waals surface area (Å²) in [5, 5.41) is 4.59. The Balaban J connectivity index is 1.55. The maximum absolute atomic E-state index is 12.4. The summed E-state index contributed by atoms with van der Waals surface area (Å²) in [5.74, 6) is 0.0704. The maximum Gasteiger partial charge on any atom is 0.343 e. The van der Waals surface area contributed by atoms with E-state index in [1.165, 1.54) is 96.8 Å². The SMILES string of the molecule is CCCCCCCCCCCCCCCCCC(=O)N/N=C\c1ccc(OC(=O)c2ccc(Cl)cc2)c(OC)c1. The monoisotopic (exact) mass is 570 g/mol. The summed E-state index contributed by atoms with van der Waals surface area (Å²) in [7, 11) is 1.49. The first kappa shape index (κ1) is 33.3. The second-order valence-electron chi connectivity index (χ2n) is 10.3. The number of hydrogen-bond acceptors (Lipinski definition) is 5. The lowest BCUT2D eigenvalue weighted by atomic mass is 10.0. The number of nitrogens with zero attached hydrogens (tertiary/aromatic N) is 1. The molecular formula is C33H47ClN2O4. The van der Waals surface area contributed by atoms with E-state index < -0.39 is 5.97 Å². The third-order valence-electron chi connectivity index (χ3n) is 6.88. The quantitative estimate of drug-likeness (QED) is 0.0533. The third kappa shape index (κ3) is 14.5. The Labute approximate surface area is 245 Å². The average molecular weight is 571 g/mol. The number of ether oxygens (including phenoxy) is 2. The van der Waals surface area contributed by atoms with E-state index >= 15 is 0 Å². The van der Waals surface area contributed by atoms with Crippen LogP contribution in [-0.4, -0.2) is 25.2 Å². The van der Waals surface area contributed by atoms with Gasteiger partial charge in [-0.2, -0.15) is 5.10 Å². The topological polar surface area (TPSA) is 77.0 Å². The number of esters is 1. The van der Waals surface area contributed by atoms with Crippen LogP contribution in [0.25, 0.3) is 0 Å². The Morgan fingerprint density at radius 1 is 0.775 bits per heavy atom. The highest BCUT2D eigenvalue weighted by Gasteiger charge is 2.13. The number of carbonyl (C=O) groups is 2. The average Bonchev–Trinajstić information content (AvgIpc) is 2.96. The highest BCUT2D eigenvalue weighted by atomic mass is 35.5. The Kier molecular flexibility index (Phi) is 17.5. The van der Waals surface area contributed by atoms with Crippen molar-refractivity contribution in [2.75, 3.05) is 7.11 Å². The predicted molar refractivity (Wildman–Crippen MR) is 165 cm³/mol. The molecule has 0 unspecified atom stereocenters. The van der Waals surface area contributed by atoms with Gasteiger partial charge in [-0.15, -0.1) is 0 Å². The van der Waals surface area contributed by atoms with E-state index in [4.69, 9.17) is 21.1 Å². The van der Waals surface area contributed by atoms with E-state index in [-0.39, 0.29) is 11.7 Å². The first-order chi connectivity index (χ1) is 19.5. The van der Waals surface area contributed by atoms with Crippen LogP contribution in [-0.2, 0) is 4.79 Å². The van der Waals surface area contributed by atoms with Crippen LogP contribution in [0.4, 0.5) is 0 Å². The molecule has 0 aliphatic carbocycles. The molecule has 220 valence electrons. The molecule has 0 radical (unpaired) electrons. The van der Waals surface area contributed by atoms with Gasteiger partial charge >= 0.3 is 5.97 Å². The molecule has 2 rings (SSSR count). The third-order valence-corrected chi connectivity index (χ3v) is 7.13. The number of hydrogen-bond donors (Lipinski definition) is 1. The molecule has 1 N–H and O–H groups in total. The van der Waals surface area contributed by atoms with Gasteiger partial charge in [-0.25, -0.2) is 10.2 Å². The Hall–Kier alpha value is -2.86. The lowest BCUT2D eigenvalue weighted by Crippen LogP contribution is -2.16. The van der Waals surface area contributed by atoms with Crippen LogP contribution >= 0.6 is 11.6 Å². The molecule has 0 saturated carbocycles. The Morgan fingerprint density at radius 3 is 1.88 bits per heavy atom. The Morgan fingerprint density at radius 2 is 1.32 bits per heavy atom. The molecule has 0 atom stereocenters. The molecule has 0 aromatic heterocycles. The fourth-order valence-corrected chi connectivity index (χ4v) is 4.61. The molecule has 40 heavy (non-hydrogen) atoms. The van der Waals surface area contributed by atoms with E-state index in [2.05, 4.69) is 17.5 Å². The standard InChI is InChI=1S/C33H47ClN2O4/c1-3-4-5-6-7-8-9-10-11-12-13-14-15-16-17-18-32(37)36-35-26-27-19-24-30(31(25-27)39-2)40-33(38)28-20-22-29(34)23-21-28/h19-26H,3-18H2,1-2H3,(H,36,37)/b35-26-. The minimum Gasteiger partial charge on any atom is -0.493 e. The molecular weight excluding hydrogens is 524 g/mol. The number of benzene rings is 2. The number of carbonyl (C=O) groups excluding carboxylic acids is 2. The van der Waals surface area contributed by atoms with E-state index in [1.54, 1.807) is 42.5 Å². The number of hydrazone groups is 1. The molecule has 0 fully saturated rings. The number of unbranched alkanes of at least 4 members (excludes halogenated alkanes) is 14. The highest BCUT2D eigenvalue weighted by Crippen LogP contribution is 2.28. The maximum atomic E-state index is 12.4. The van der Waals surface area contributed by atoms with Gasteiger partial charge < -0.3 is 9.47 Å². The number of nitrogens with one attached hydrogen (secondary N) is 1. The summed E-state index contributed by atoms with van der Waals surface area (Å²) in [6.07, 6.45) is 21.5. The van der Waals surface area contributed by atoms with Crippen molar-refractivity contribution in [1.82, 2.24) is 5.43 Å². The molecule has 0 aliphatic rings. The van der Waals surface area contributed by atoms with Crippen molar-refractivity contribution in [3.05, 3.63) is 58.6 Å². The fourth-order valence-electron chi connectivity index (χ4n) is 4.49. The zero-order valence-corrected chi connectivity index (χ0v) is 25.1. The van der Waals surface area contributed by atoms with Gasteiger partial charge in [-0.3, -0.25) is 4.79 Å². The smallest absolute Gasteiger partial charge is 0.343 e. The van der Waals surface area contributed by atoms with Gasteiger partial charge in [0.05, 0.1) is 18.9 Å². The first-order valence-corrected chi connectivity index (χ1v) is 15.4. The van der Waals surface area contributed by atoms with Gasteiger partial charge in [0.15, 0.2) is 11.5 Å². The second kappa shape index (κ2) is 21.0. The van der Waals surface area contributed by atoms with E-state index in [9.17, 15) is 9.59 Å². The fraction of sp³-hybridized carbons (Fsp3) is 0.545. The molecule has 0 spiro atoms. The lowest BCUT2D eigenvalue weighted by Gasteiger charge is -2.10. The molecule has 7 heteroatoms. The summed E-state index contributed by atoms with van der Waals surface area (Å²) < 4.78 is 10.8. The highest BCUT2D eigenvalue weighted by molar-refractivity contribution is 6.30. The van der Waals surface area contributed by atoms with Crippen molar-refractivity contribution in [2.24, 2.45) is 5.10 Å². The van der Waals surface area contributed by atoms with Gasteiger partial charge in [-0.1, -0.05) is 108 Å². The van der Waals surface area contributed by atoms with Crippen molar-refractivity contribution in [1.29, 1.82) is 0 Å². The van der Waals surface area contributed by atoms with Crippen LogP contribution < -0.4 is 14.9 Å². The molecule has 2 aromatic rings. The normalized spacial score (nSPS) is 11.1. The van der Waals surface area contributed by atoms with Gasteiger partial charge in [0, 0.05) is 11.4 Å². The molecule has 6 nitrogen and oxygen atoms in total. The summed E-state index contributed by atoms with van der Waals surface area (Å²) >= 11 is 5.87. The summed E-state index contributed by atoms with van der Waals surface area (Å²) in [4.78, 5) is 24.5. The van der Waals surface area contributed by atoms with Crippen molar-refractivity contribution in [3.63, 3.8) is 0 Å². The minimum absolute atomic E-state index is 0.0913. The van der Waals surface area contributed by atoms with Crippen LogP contribution in [0.1, 0.15) is 126 Å². The van der Waals surface area contributed by atoms with E-state index in [1.807, 2.05) is 0 Å². The van der Waals surface area contributed by atoms with E-state index in [0.717, 1.165) is 12.8 Å². The van der Waals surface area contributed by atoms with Gasteiger partial charge in [0.25, 0.3) is 0 Å². The largest absolute Gasteiger partial charge is 0.493 e. The molecule has 2 aromatic carbocycles. The second-order valence-corrected chi connectivity index (χ2v) is 10.7. The lowest BCUT2D eigenvalue weighted by molar-refractivity contribution is -0.121. The molecule has 0 saturated heterocycles. The van der Waals surface area contributed by atoms with Crippen molar-refractivity contribution in [3.8, 4) is 11.5 Å². The van der Waals surface area contributed by atoms with Crippen molar-refractivity contribution < 1.29 is 19.1 Å². The number of methoxy groups -OCH3 is 1. The number of rotatable bonds is 21. The number of amides is 1. The summed E-state index contributed by atoms with van der Waals surface area (Å²) in [6.45, 7) is 2.27. The van der Waals surface area contributed by atoms with Crippen molar-refractivity contribution in [2.45, 2.75) is 110 Å². The molecule has 0 bridgehead atoms. The zero-order chi connectivity index (χ0) is 28.8. The zero-order valence-electron chi connectivity index (χ0n) is 24.4. The van der Waals surface area contributed by atoms with Crippen LogP contribution in [0.3, 0.4) is 0 Å².